The van der Waals surface area contributed by atoms with Crippen molar-refractivity contribution in [3.63, 3.8) is 0 Å². The molecule has 0 aliphatic heterocycles. The van der Waals surface area contributed by atoms with Crippen LogP contribution in [0.2, 0.25) is 0 Å². The van der Waals surface area contributed by atoms with E-state index >= 15 is 0 Å². The SMILES string of the molecule is CC(=O)OC(C1=CCCC=C1)C(OC(C)=O)c1ccccc1. The van der Waals surface area contributed by atoms with Gasteiger partial charge in [0.2, 0.25) is 0 Å². The zero-order valence-electron chi connectivity index (χ0n) is 12.8. The fourth-order valence-electron chi connectivity index (χ4n) is 2.45. The van der Waals surface area contributed by atoms with Crippen molar-refractivity contribution in [3.05, 3.63) is 59.7 Å². The molecule has 0 N–H and O–H groups in total. The fraction of sp³-hybridized carbons (Fsp3) is 0.333. The maximum atomic E-state index is 11.5. The zero-order chi connectivity index (χ0) is 15.9. The van der Waals surface area contributed by atoms with E-state index in [0.717, 1.165) is 24.0 Å². The summed E-state index contributed by atoms with van der Waals surface area (Å²) >= 11 is 0. The van der Waals surface area contributed by atoms with Crippen molar-refractivity contribution in [1.82, 2.24) is 0 Å². The lowest BCUT2D eigenvalue weighted by Gasteiger charge is -2.28. The summed E-state index contributed by atoms with van der Waals surface area (Å²) in [5.41, 5.74) is 1.65. The molecule has 1 aliphatic carbocycles. The summed E-state index contributed by atoms with van der Waals surface area (Å²) in [6.45, 7) is 2.71. The molecule has 4 nitrogen and oxygen atoms in total. The average molecular weight is 300 g/mol. The number of ether oxygens (including phenoxy) is 2. The predicted molar refractivity (Wildman–Crippen MR) is 83.0 cm³/mol. The second-order valence-electron chi connectivity index (χ2n) is 5.15. The first kappa shape index (κ1) is 16.0. The topological polar surface area (TPSA) is 52.6 Å². The van der Waals surface area contributed by atoms with E-state index in [-0.39, 0.29) is 0 Å². The van der Waals surface area contributed by atoms with Crippen LogP contribution < -0.4 is 0 Å². The van der Waals surface area contributed by atoms with Crippen LogP contribution in [0.3, 0.4) is 0 Å². The molecule has 116 valence electrons. The van der Waals surface area contributed by atoms with Gasteiger partial charge in [-0.3, -0.25) is 9.59 Å². The highest BCUT2D eigenvalue weighted by molar-refractivity contribution is 5.68. The second kappa shape index (κ2) is 7.59. The van der Waals surface area contributed by atoms with Gasteiger partial charge in [0.15, 0.2) is 12.2 Å². The molecule has 2 atom stereocenters. The van der Waals surface area contributed by atoms with Gasteiger partial charge < -0.3 is 9.47 Å². The Morgan fingerprint density at radius 2 is 1.59 bits per heavy atom. The van der Waals surface area contributed by atoms with Crippen LogP contribution >= 0.6 is 0 Å². The van der Waals surface area contributed by atoms with Gasteiger partial charge in [-0.15, -0.1) is 0 Å². The maximum absolute atomic E-state index is 11.5. The molecule has 0 fully saturated rings. The van der Waals surface area contributed by atoms with E-state index in [0.29, 0.717) is 0 Å². The van der Waals surface area contributed by atoms with Crippen LogP contribution in [0, 0.1) is 0 Å². The van der Waals surface area contributed by atoms with Crippen LogP contribution in [-0.2, 0) is 19.1 Å². The molecule has 4 heteroatoms. The highest BCUT2D eigenvalue weighted by Crippen LogP contribution is 2.31. The molecule has 0 aromatic heterocycles. The molecule has 2 rings (SSSR count). The van der Waals surface area contributed by atoms with Crippen LogP contribution in [0.4, 0.5) is 0 Å². The van der Waals surface area contributed by atoms with Gasteiger partial charge in [-0.25, -0.2) is 0 Å². The Balaban J connectivity index is 2.38. The monoisotopic (exact) mass is 300 g/mol. The highest BCUT2D eigenvalue weighted by Gasteiger charge is 2.31. The van der Waals surface area contributed by atoms with E-state index in [9.17, 15) is 9.59 Å². The normalized spacial score (nSPS) is 16.4. The van der Waals surface area contributed by atoms with Gasteiger partial charge in [0, 0.05) is 13.8 Å². The minimum Gasteiger partial charge on any atom is -0.453 e. The molecule has 1 aromatic rings. The predicted octanol–water partition coefficient (Wildman–Crippen LogP) is 3.50. The van der Waals surface area contributed by atoms with Crippen LogP contribution in [0.25, 0.3) is 0 Å². The van der Waals surface area contributed by atoms with E-state index in [4.69, 9.17) is 9.47 Å². The number of hydrogen-bond donors (Lipinski definition) is 0. The Hall–Kier alpha value is -2.36. The van der Waals surface area contributed by atoms with Gasteiger partial charge in [0.1, 0.15) is 0 Å². The molecule has 22 heavy (non-hydrogen) atoms. The fourth-order valence-corrected chi connectivity index (χ4v) is 2.45. The summed E-state index contributed by atoms with van der Waals surface area (Å²) in [4.78, 5) is 23.0. The van der Waals surface area contributed by atoms with Crippen LogP contribution in [0.1, 0.15) is 38.4 Å². The Morgan fingerprint density at radius 3 is 2.14 bits per heavy atom. The van der Waals surface area contributed by atoms with Gasteiger partial charge in [0.25, 0.3) is 0 Å². The Bertz CT molecular complexity index is 586. The Morgan fingerprint density at radius 1 is 0.955 bits per heavy atom. The molecule has 1 aliphatic rings. The summed E-state index contributed by atoms with van der Waals surface area (Å²) in [6, 6.07) is 9.33. The van der Waals surface area contributed by atoms with E-state index in [1.807, 2.05) is 48.6 Å². The smallest absolute Gasteiger partial charge is 0.303 e. The van der Waals surface area contributed by atoms with Crippen LogP contribution in [-0.4, -0.2) is 18.0 Å². The largest absolute Gasteiger partial charge is 0.453 e. The van der Waals surface area contributed by atoms with Crippen molar-refractivity contribution in [1.29, 1.82) is 0 Å². The van der Waals surface area contributed by atoms with Gasteiger partial charge >= 0.3 is 11.9 Å². The molecule has 0 radical (unpaired) electrons. The number of benzene rings is 1. The molecule has 2 unspecified atom stereocenters. The number of allylic oxidation sites excluding steroid dienone is 2. The molecule has 1 aromatic carbocycles. The third-order valence-corrected chi connectivity index (χ3v) is 3.34. The van der Waals surface area contributed by atoms with Crippen molar-refractivity contribution < 1.29 is 19.1 Å². The first-order valence-corrected chi connectivity index (χ1v) is 7.34. The van der Waals surface area contributed by atoms with E-state index in [2.05, 4.69) is 0 Å². The number of rotatable bonds is 5. The van der Waals surface area contributed by atoms with Crippen LogP contribution in [0.15, 0.2) is 54.1 Å². The maximum Gasteiger partial charge on any atom is 0.303 e. The average Bonchev–Trinajstić information content (AvgIpc) is 2.52. The number of carbonyl (C=O) groups excluding carboxylic acids is 2. The molecule has 0 saturated heterocycles. The molecular formula is C18H20O4. The van der Waals surface area contributed by atoms with Crippen molar-refractivity contribution in [2.45, 2.75) is 38.9 Å². The third kappa shape index (κ3) is 4.32. The molecule has 0 saturated carbocycles. The zero-order valence-corrected chi connectivity index (χ0v) is 12.8. The summed E-state index contributed by atoms with van der Waals surface area (Å²) in [7, 11) is 0. The summed E-state index contributed by atoms with van der Waals surface area (Å²) < 4.78 is 10.9. The minimum atomic E-state index is -0.656. The second-order valence-corrected chi connectivity index (χ2v) is 5.15. The van der Waals surface area contributed by atoms with Crippen molar-refractivity contribution in [3.8, 4) is 0 Å². The minimum absolute atomic E-state index is 0.405. The first-order chi connectivity index (χ1) is 10.6. The number of esters is 2. The highest BCUT2D eigenvalue weighted by atomic mass is 16.6. The summed E-state index contributed by atoms with van der Waals surface area (Å²) in [5, 5.41) is 0. The van der Waals surface area contributed by atoms with Gasteiger partial charge in [-0.1, -0.05) is 48.6 Å². The lowest BCUT2D eigenvalue weighted by atomic mass is 9.94. The summed E-state index contributed by atoms with van der Waals surface area (Å²) in [6.07, 6.45) is 6.52. The van der Waals surface area contributed by atoms with Gasteiger partial charge in [-0.2, -0.15) is 0 Å². The Labute approximate surface area is 130 Å². The lowest BCUT2D eigenvalue weighted by molar-refractivity contribution is -0.162. The molecule has 0 spiro atoms. The van der Waals surface area contributed by atoms with Gasteiger partial charge in [-0.05, 0) is 24.0 Å². The van der Waals surface area contributed by atoms with Gasteiger partial charge in [0.05, 0.1) is 0 Å². The molecule has 0 heterocycles. The first-order valence-electron chi connectivity index (χ1n) is 7.34. The van der Waals surface area contributed by atoms with E-state index in [1.54, 1.807) is 0 Å². The quantitative estimate of drug-likeness (QED) is 0.781. The Kier molecular flexibility index (Phi) is 5.53. The third-order valence-electron chi connectivity index (χ3n) is 3.34. The van der Waals surface area contributed by atoms with Crippen molar-refractivity contribution in [2.24, 2.45) is 0 Å². The van der Waals surface area contributed by atoms with Crippen molar-refractivity contribution >= 4 is 11.9 Å². The van der Waals surface area contributed by atoms with E-state index in [1.165, 1.54) is 13.8 Å². The summed E-state index contributed by atoms with van der Waals surface area (Å²) in [5.74, 6) is -0.815. The standard InChI is InChI=1S/C18H20O4/c1-13(19)21-17(15-9-5-3-6-10-15)18(22-14(2)20)16-11-7-4-8-12-16/h3,5-7,9-12,17-18H,4,8H2,1-2H3. The van der Waals surface area contributed by atoms with Crippen molar-refractivity contribution in [2.75, 3.05) is 0 Å². The lowest BCUT2D eigenvalue weighted by Crippen LogP contribution is -2.29. The van der Waals surface area contributed by atoms with E-state index < -0.39 is 24.1 Å². The number of hydrogen-bond acceptors (Lipinski definition) is 4. The number of carbonyl (C=O) groups is 2. The molecule has 0 amide bonds. The molecule has 0 bridgehead atoms. The van der Waals surface area contributed by atoms with Crippen LogP contribution in [0.5, 0.6) is 0 Å². The molecular weight excluding hydrogens is 280 g/mol.